The molecule has 33 heavy (non-hydrogen) atoms. The summed E-state index contributed by atoms with van der Waals surface area (Å²) < 4.78 is 44.4. The molecule has 1 aliphatic rings. The van der Waals surface area contributed by atoms with Crippen molar-refractivity contribution in [2.75, 3.05) is 38.7 Å². The second kappa shape index (κ2) is 9.77. The van der Waals surface area contributed by atoms with Crippen molar-refractivity contribution in [1.29, 1.82) is 0 Å². The molecular formula is C22H25N3O7S. The maximum atomic E-state index is 12.9. The van der Waals surface area contributed by atoms with Crippen LogP contribution in [0.25, 0.3) is 11.1 Å². The number of para-hydroxylation sites is 2. The Labute approximate surface area is 190 Å². The number of fused-ring (bicyclic) bond motifs is 1. The van der Waals surface area contributed by atoms with E-state index in [0.717, 1.165) is 0 Å². The molecule has 1 aliphatic heterocycles. The van der Waals surface area contributed by atoms with Gasteiger partial charge in [0, 0.05) is 26.1 Å². The van der Waals surface area contributed by atoms with Gasteiger partial charge in [0.05, 0.1) is 36.4 Å². The number of carbonyl (C=O) groups is 1. The van der Waals surface area contributed by atoms with Crippen molar-refractivity contribution in [2.24, 2.45) is 0 Å². The third-order valence-electron chi connectivity index (χ3n) is 5.41. The minimum atomic E-state index is -3.72. The molecule has 0 bridgehead atoms. The van der Waals surface area contributed by atoms with Crippen LogP contribution in [0.1, 0.15) is 12.8 Å². The topological polar surface area (TPSA) is 120 Å². The van der Waals surface area contributed by atoms with Crippen LogP contribution in [0.15, 0.2) is 56.6 Å². The van der Waals surface area contributed by atoms with Crippen LogP contribution in [0, 0.1) is 0 Å². The maximum absolute atomic E-state index is 12.9. The highest BCUT2D eigenvalue weighted by atomic mass is 32.2. The minimum Gasteiger partial charge on any atom is -0.495 e. The number of morpholine rings is 1. The molecule has 4 rings (SSSR count). The Balaban J connectivity index is 1.44. The maximum Gasteiger partial charge on any atom is 0.419 e. The molecule has 0 saturated carbocycles. The highest BCUT2D eigenvalue weighted by molar-refractivity contribution is 7.89. The number of amides is 1. The van der Waals surface area contributed by atoms with Gasteiger partial charge in [0.1, 0.15) is 5.75 Å². The van der Waals surface area contributed by atoms with E-state index < -0.39 is 15.8 Å². The van der Waals surface area contributed by atoms with Crippen molar-refractivity contribution in [2.45, 2.75) is 24.3 Å². The molecule has 2 heterocycles. The molecule has 0 unspecified atom stereocenters. The number of ether oxygens (including phenoxy) is 2. The van der Waals surface area contributed by atoms with E-state index in [1.54, 1.807) is 18.2 Å². The van der Waals surface area contributed by atoms with Crippen LogP contribution in [-0.4, -0.2) is 56.6 Å². The molecule has 1 aromatic heterocycles. The lowest BCUT2D eigenvalue weighted by Crippen LogP contribution is -2.40. The third-order valence-corrected chi connectivity index (χ3v) is 7.31. The molecule has 1 saturated heterocycles. The van der Waals surface area contributed by atoms with Gasteiger partial charge in [-0.15, -0.1) is 0 Å². The summed E-state index contributed by atoms with van der Waals surface area (Å²) in [5.74, 6) is -0.448. The third kappa shape index (κ3) is 4.95. The Morgan fingerprint density at radius 2 is 1.91 bits per heavy atom. The largest absolute Gasteiger partial charge is 0.495 e. The van der Waals surface area contributed by atoms with Gasteiger partial charge >= 0.3 is 5.76 Å². The molecule has 0 radical (unpaired) electrons. The molecule has 10 nitrogen and oxygen atoms in total. The second-order valence-corrected chi connectivity index (χ2v) is 9.46. The van der Waals surface area contributed by atoms with Crippen LogP contribution in [-0.2, 0) is 26.1 Å². The van der Waals surface area contributed by atoms with Gasteiger partial charge in [0.15, 0.2) is 5.58 Å². The fraction of sp³-hybridized carbons (Fsp3) is 0.364. The van der Waals surface area contributed by atoms with E-state index in [1.807, 2.05) is 6.07 Å². The first-order valence-electron chi connectivity index (χ1n) is 10.5. The smallest absolute Gasteiger partial charge is 0.419 e. The standard InChI is InChI=1S/C22H25N3O7S/c1-30-19-9-8-16(33(28,29)24-11-13-31-14-12-24)15-17(19)23-21(26)7-4-10-25-18-5-2-3-6-20(18)32-22(25)27/h2-3,5-6,8-9,15H,4,7,10-14H2,1H3,(H,23,26). The average Bonchev–Trinajstić information content (AvgIpc) is 3.14. The Morgan fingerprint density at radius 1 is 1.15 bits per heavy atom. The molecule has 3 aromatic rings. The van der Waals surface area contributed by atoms with Gasteiger partial charge in [0.25, 0.3) is 0 Å². The van der Waals surface area contributed by atoms with Crippen LogP contribution in [0.2, 0.25) is 0 Å². The summed E-state index contributed by atoms with van der Waals surface area (Å²) in [6, 6.07) is 11.5. The number of anilines is 1. The van der Waals surface area contributed by atoms with Crippen LogP contribution in [0.3, 0.4) is 0 Å². The first-order chi connectivity index (χ1) is 15.9. The number of rotatable bonds is 8. The highest BCUT2D eigenvalue weighted by Crippen LogP contribution is 2.29. The Bertz CT molecular complexity index is 1310. The van der Waals surface area contributed by atoms with Crippen LogP contribution >= 0.6 is 0 Å². The second-order valence-electron chi connectivity index (χ2n) is 7.52. The molecule has 176 valence electrons. The lowest BCUT2D eigenvalue weighted by atomic mass is 10.2. The number of hydrogen-bond acceptors (Lipinski definition) is 7. The summed E-state index contributed by atoms with van der Waals surface area (Å²) >= 11 is 0. The molecule has 0 spiro atoms. The molecule has 1 amide bonds. The van der Waals surface area contributed by atoms with E-state index in [9.17, 15) is 18.0 Å². The number of nitrogens with zero attached hydrogens (tertiary/aromatic N) is 2. The van der Waals surface area contributed by atoms with Crippen molar-refractivity contribution < 1.29 is 27.1 Å². The SMILES string of the molecule is COc1ccc(S(=O)(=O)N2CCOCC2)cc1NC(=O)CCCn1c(=O)oc2ccccc21. The van der Waals surface area contributed by atoms with Gasteiger partial charge < -0.3 is 19.2 Å². The zero-order valence-electron chi connectivity index (χ0n) is 18.2. The summed E-state index contributed by atoms with van der Waals surface area (Å²) in [5.41, 5.74) is 1.43. The van der Waals surface area contributed by atoms with E-state index in [0.29, 0.717) is 43.0 Å². The molecule has 11 heteroatoms. The van der Waals surface area contributed by atoms with Crippen LogP contribution < -0.4 is 15.8 Å². The fourth-order valence-electron chi connectivity index (χ4n) is 3.72. The predicted octanol–water partition coefficient (Wildman–Crippen LogP) is 2.04. The molecule has 1 fully saturated rings. The molecular weight excluding hydrogens is 450 g/mol. The molecule has 1 N–H and O–H groups in total. The van der Waals surface area contributed by atoms with E-state index >= 15 is 0 Å². The van der Waals surface area contributed by atoms with Crippen molar-refractivity contribution in [3.8, 4) is 5.75 Å². The van der Waals surface area contributed by atoms with Crippen molar-refractivity contribution in [3.05, 3.63) is 53.0 Å². The van der Waals surface area contributed by atoms with E-state index in [1.165, 1.54) is 34.2 Å². The number of oxazole rings is 1. The summed E-state index contributed by atoms with van der Waals surface area (Å²) in [5, 5.41) is 2.73. The summed E-state index contributed by atoms with van der Waals surface area (Å²) in [6.07, 6.45) is 0.513. The number of methoxy groups -OCH3 is 1. The zero-order chi connectivity index (χ0) is 23.4. The molecule has 2 aromatic carbocycles. The van der Waals surface area contributed by atoms with Gasteiger partial charge in [-0.2, -0.15) is 4.31 Å². The number of hydrogen-bond donors (Lipinski definition) is 1. The number of aryl methyl sites for hydroxylation is 1. The summed E-state index contributed by atoms with van der Waals surface area (Å²) in [4.78, 5) is 24.7. The molecule has 0 atom stereocenters. The van der Waals surface area contributed by atoms with Crippen molar-refractivity contribution in [3.63, 3.8) is 0 Å². The number of aromatic nitrogens is 1. The zero-order valence-corrected chi connectivity index (χ0v) is 19.0. The van der Waals surface area contributed by atoms with Gasteiger partial charge in [-0.25, -0.2) is 13.2 Å². The summed E-state index contributed by atoms with van der Waals surface area (Å²) in [7, 11) is -2.28. The van der Waals surface area contributed by atoms with Crippen LogP contribution in [0.5, 0.6) is 5.75 Å². The van der Waals surface area contributed by atoms with Gasteiger partial charge in [-0.3, -0.25) is 9.36 Å². The monoisotopic (exact) mass is 475 g/mol. The van der Waals surface area contributed by atoms with Gasteiger partial charge in [-0.05, 0) is 36.8 Å². The van der Waals surface area contributed by atoms with Gasteiger partial charge in [-0.1, -0.05) is 12.1 Å². The number of nitrogens with one attached hydrogen (secondary N) is 1. The summed E-state index contributed by atoms with van der Waals surface area (Å²) in [6.45, 7) is 1.55. The molecule has 0 aliphatic carbocycles. The van der Waals surface area contributed by atoms with E-state index in [4.69, 9.17) is 13.9 Å². The Kier molecular flexibility index (Phi) is 6.82. The normalized spacial score (nSPS) is 14.9. The average molecular weight is 476 g/mol. The Hall–Kier alpha value is -3.15. The number of sulfonamides is 1. The van der Waals surface area contributed by atoms with Crippen LogP contribution in [0.4, 0.5) is 5.69 Å². The lowest BCUT2D eigenvalue weighted by Gasteiger charge is -2.26. The predicted molar refractivity (Wildman–Crippen MR) is 121 cm³/mol. The Morgan fingerprint density at radius 3 is 2.67 bits per heavy atom. The number of benzene rings is 2. The first kappa shape index (κ1) is 23.0. The first-order valence-corrected chi connectivity index (χ1v) is 12.0. The lowest BCUT2D eigenvalue weighted by molar-refractivity contribution is -0.116. The van der Waals surface area contributed by atoms with Crippen molar-refractivity contribution >= 4 is 32.7 Å². The van der Waals surface area contributed by atoms with Gasteiger partial charge in [0.2, 0.25) is 15.9 Å². The van der Waals surface area contributed by atoms with E-state index in [2.05, 4.69) is 5.32 Å². The van der Waals surface area contributed by atoms with Crippen molar-refractivity contribution in [1.82, 2.24) is 8.87 Å². The van der Waals surface area contributed by atoms with E-state index in [-0.39, 0.29) is 36.0 Å². The number of carbonyl (C=O) groups excluding carboxylic acids is 1. The minimum absolute atomic E-state index is 0.0666. The highest BCUT2D eigenvalue weighted by Gasteiger charge is 2.27. The quantitative estimate of drug-likeness (QED) is 0.529. The fourth-order valence-corrected chi connectivity index (χ4v) is 5.15.